The Hall–Kier alpha value is -1.84. The molecule has 0 radical (unpaired) electrons. The molecule has 2 aromatic carbocycles. The minimum atomic E-state index is -0.150. The van der Waals surface area contributed by atoms with E-state index >= 15 is 0 Å². The predicted molar refractivity (Wildman–Crippen MR) is 86.7 cm³/mol. The Balaban J connectivity index is 2.06. The van der Waals surface area contributed by atoms with Crippen molar-refractivity contribution in [1.29, 1.82) is 0 Å². The number of nitrogens with one attached hydrogen (secondary N) is 1. The fraction of sp³-hybridized carbons (Fsp3) is 0.235. The first-order chi connectivity index (χ1) is 10.1. The van der Waals surface area contributed by atoms with E-state index in [0.717, 1.165) is 0 Å². The van der Waals surface area contributed by atoms with Gasteiger partial charge in [0.05, 0.1) is 16.6 Å². The van der Waals surface area contributed by atoms with Crippen LogP contribution in [0.4, 0.5) is 0 Å². The van der Waals surface area contributed by atoms with Crippen molar-refractivity contribution in [2.75, 3.05) is 20.6 Å². The number of hydrogen-bond acceptors (Lipinski definition) is 2. The zero-order valence-corrected chi connectivity index (χ0v) is 13.0. The van der Waals surface area contributed by atoms with Crippen molar-refractivity contribution < 1.29 is 4.79 Å². The van der Waals surface area contributed by atoms with Crippen LogP contribution in [0.5, 0.6) is 0 Å². The highest BCUT2D eigenvalue weighted by Crippen LogP contribution is 2.18. The standard InChI is InChI=1S/C17H19ClN2O/c1-20(2)16(13-8-4-3-5-9-13)12-19-17(21)14-10-6-7-11-15(14)18/h3-11,16H,12H2,1-2H3,(H,19,21)/t16-/m0/s1. The maximum atomic E-state index is 12.2. The summed E-state index contributed by atoms with van der Waals surface area (Å²) in [6.07, 6.45) is 0. The van der Waals surface area contributed by atoms with Gasteiger partial charge in [0, 0.05) is 6.54 Å². The lowest BCUT2D eigenvalue weighted by Gasteiger charge is -2.25. The minimum Gasteiger partial charge on any atom is -0.350 e. The van der Waals surface area contributed by atoms with E-state index < -0.39 is 0 Å². The van der Waals surface area contributed by atoms with Crippen LogP contribution in [-0.4, -0.2) is 31.4 Å². The van der Waals surface area contributed by atoms with Gasteiger partial charge in [0.1, 0.15) is 0 Å². The molecular weight excluding hydrogens is 284 g/mol. The second kappa shape index (κ2) is 7.25. The molecule has 2 aromatic rings. The van der Waals surface area contributed by atoms with Gasteiger partial charge in [-0.2, -0.15) is 0 Å². The first-order valence-electron chi connectivity index (χ1n) is 6.83. The average Bonchev–Trinajstić information content (AvgIpc) is 2.48. The SMILES string of the molecule is CN(C)[C@@H](CNC(=O)c1ccccc1Cl)c1ccccc1. The summed E-state index contributed by atoms with van der Waals surface area (Å²) < 4.78 is 0. The monoisotopic (exact) mass is 302 g/mol. The molecule has 0 aliphatic rings. The Kier molecular flexibility index (Phi) is 5.37. The van der Waals surface area contributed by atoms with Crippen LogP contribution in [-0.2, 0) is 0 Å². The lowest BCUT2D eigenvalue weighted by atomic mass is 10.1. The molecule has 4 heteroatoms. The molecule has 3 nitrogen and oxygen atoms in total. The molecule has 0 aliphatic heterocycles. The second-order valence-electron chi connectivity index (χ2n) is 5.08. The zero-order chi connectivity index (χ0) is 15.2. The topological polar surface area (TPSA) is 32.3 Å². The number of carbonyl (C=O) groups is 1. The number of rotatable bonds is 5. The molecule has 2 rings (SSSR count). The molecule has 0 spiro atoms. The average molecular weight is 303 g/mol. The molecule has 0 fully saturated rings. The van der Waals surface area contributed by atoms with Crippen LogP contribution in [0, 0.1) is 0 Å². The van der Waals surface area contributed by atoms with E-state index in [-0.39, 0.29) is 11.9 Å². The molecule has 0 aliphatic carbocycles. The number of benzene rings is 2. The highest BCUT2D eigenvalue weighted by atomic mass is 35.5. The number of halogens is 1. The summed E-state index contributed by atoms with van der Waals surface area (Å²) in [6, 6.07) is 17.3. The summed E-state index contributed by atoms with van der Waals surface area (Å²) in [5, 5.41) is 3.42. The van der Waals surface area contributed by atoms with Gasteiger partial charge >= 0.3 is 0 Å². The third kappa shape index (κ3) is 4.06. The van der Waals surface area contributed by atoms with Crippen molar-refractivity contribution in [1.82, 2.24) is 10.2 Å². The van der Waals surface area contributed by atoms with Gasteiger partial charge in [0.15, 0.2) is 0 Å². The van der Waals surface area contributed by atoms with Gasteiger partial charge in [-0.3, -0.25) is 4.79 Å². The first-order valence-corrected chi connectivity index (χ1v) is 7.21. The largest absolute Gasteiger partial charge is 0.350 e. The Morgan fingerprint density at radius 1 is 1.10 bits per heavy atom. The third-order valence-electron chi connectivity index (χ3n) is 3.38. The van der Waals surface area contributed by atoms with Crippen LogP contribution in [0.2, 0.25) is 5.02 Å². The molecule has 21 heavy (non-hydrogen) atoms. The van der Waals surface area contributed by atoms with Crippen molar-refractivity contribution in [2.45, 2.75) is 6.04 Å². The maximum Gasteiger partial charge on any atom is 0.252 e. The van der Waals surface area contributed by atoms with Crippen LogP contribution in [0.15, 0.2) is 54.6 Å². The van der Waals surface area contributed by atoms with Crippen LogP contribution >= 0.6 is 11.6 Å². The predicted octanol–water partition coefficient (Wildman–Crippen LogP) is 3.37. The van der Waals surface area contributed by atoms with Gasteiger partial charge in [0.25, 0.3) is 5.91 Å². The first kappa shape index (κ1) is 15.5. The smallest absolute Gasteiger partial charge is 0.252 e. The van der Waals surface area contributed by atoms with Crippen molar-refractivity contribution in [2.24, 2.45) is 0 Å². The molecule has 1 atom stereocenters. The van der Waals surface area contributed by atoms with E-state index in [4.69, 9.17) is 11.6 Å². The molecule has 0 bridgehead atoms. The molecule has 1 amide bonds. The highest BCUT2D eigenvalue weighted by molar-refractivity contribution is 6.33. The quantitative estimate of drug-likeness (QED) is 0.918. The fourth-order valence-electron chi connectivity index (χ4n) is 2.20. The summed E-state index contributed by atoms with van der Waals surface area (Å²) >= 11 is 6.04. The Morgan fingerprint density at radius 2 is 1.71 bits per heavy atom. The van der Waals surface area contributed by atoms with Crippen molar-refractivity contribution in [3.05, 3.63) is 70.7 Å². The lowest BCUT2D eigenvalue weighted by Crippen LogP contribution is -2.34. The van der Waals surface area contributed by atoms with Gasteiger partial charge in [-0.25, -0.2) is 0 Å². The molecule has 110 valence electrons. The highest BCUT2D eigenvalue weighted by Gasteiger charge is 2.16. The van der Waals surface area contributed by atoms with E-state index in [2.05, 4.69) is 22.3 Å². The molecule has 1 N–H and O–H groups in total. The van der Waals surface area contributed by atoms with Crippen LogP contribution < -0.4 is 5.32 Å². The van der Waals surface area contributed by atoms with Gasteiger partial charge < -0.3 is 10.2 Å². The molecule has 0 heterocycles. The molecule has 0 aromatic heterocycles. The van der Waals surface area contributed by atoms with E-state index in [1.54, 1.807) is 18.2 Å². The molecule has 0 unspecified atom stereocenters. The van der Waals surface area contributed by atoms with Gasteiger partial charge in [0.2, 0.25) is 0 Å². The number of likely N-dealkylation sites (N-methyl/N-ethyl adjacent to an activating group) is 1. The summed E-state index contributed by atoms with van der Waals surface area (Å²) in [5.41, 5.74) is 1.67. The summed E-state index contributed by atoms with van der Waals surface area (Å²) in [5.74, 6) is -0.150. The Morgan fingerprint density at radius 3 is 2.33 bits per heavy atom. The van der Waals surface area contributed by atoms with Crippen LogP contribution in [0.1, 0.15) is 22.0 Å². The Labute approximate surface area is 130 Å². The number of carbonyl (C=O) groups excluding carboxylic acids is 1. The van der Waals surface area contributed by atoms with Gasteiger partial charge in [-0.1, -0.05) is 54.1 Å². The molecule has 0 saturated carbocycles. The Bertz CT molecular complexity index is 599. The van der Waals surface area contributed by atoms with Crippen molar-refractivity contribution in [3.63, 3.8) is 0 Å². The second-order valence-corrected chi connectivity index (χ2v) is 5.49. The lowest BCUT2D eigenvalue weighted by molar-refractivity contribution is 0.0942. The number of amides is 1. The number of nitrogens with zero attached hydrogens (tertiary/aromatic N) is 1. The van der Waals surface area contributed by atoms with Crippen LogP contribution in [0.25, 0.3) is 0 Å². The van der Waals surface area contributed by atoms with Crippen LogP contribution in [0.3, 0.4) is 0 Å². The third-order valence-corrected chi connectivity index (χ3v) is 3.71. The zero-order valence-electron chi connectivity index (χ0n) is 12.2. The summed E-state index contributed by atoms with van der Waals surface area (Å²) in [4.78, 5) is 14.3. The van der Waals surface area contributed by atoms with Crippen molar-refractivity contribution in [3.8, 4) is 0 Å². The van der Waals surface area contributed by atoms with Gasteiger partial charge in [-0.15, -0.1) is 0 Å². The van der Waals surface area contributed by atoms with E-state index in [1.165, 1.54) is 5.56 Å². The molecule has 0 saturated heterocycles. The number of hydrogen-bond donors (Lipinski definition) is 1. The summed E-state index contributed by atoms with van der Waals surface area (Å²) in [6.45, 7) is 0.529. The van der Waals surface area contributed by atoms with E-state index in [9.17, 15) is 4.79 Å². The van der Waals surface area contributed by atoms with E-state index in [1.807, 2.05) is 38.4 Å². The summed E-state index contributed by atoms with van der Waals surface area (Å²) in [7, 11) is 4.00. The normalized spacial score (nSPS) is 12.2. The van der Waals surface area contributed by atoms with E-state index in [0.29, 0.717) is 17.1 Å². The van der Waals surface area contributed by atoms with Gasteiger partial charge in [-0.05, 0) is 31.8 Å². The minimum absolute atomic E-state index is 0.123. The fourth-order valence-corrected chi connectivity index (χ4v) is 2.43. The molecular formula is C17H19ClN2O. The maximum absolute atomic E-state index is 12.2. The van der Waals surface area contributed by atoms with Crippen molar-refractivity contribution >= 4 is 17.5 Å².